The lowest BCUT2D eigenvalue weighted by Gasteiger charge is -2.44. The first-order valence-corrected chi connectivity index (χ1v) is 12.5. The number of methoxy groups -OCH3 is 1. The summed E-state index contributed by atoms with van der Waals surface area (Å²) in [7, 11) is 1.71. The summed E-state index contributed by atoms with van der Waals surface area (Å²) in [6.07, 6.45) is 1.72. The maximum Gasteiger partial charge on any atom is 0.225 e. The zero-order valence-electron chi connectivity index (χ0n) is 19.1. The first-order chi connectivity index (χ1) is 16.5. The van der Waals surface area contributed by atoms with Gasteiger partial charge < -0.3 is 10.1 Å². The van der Waals surface area contributed by atoms with Crippen molar-refractivity contribution in [2.24, 2.45) is 0 Å². The number of likely N-dealkylation sites (tertiary alicyclic amines) is 1. The van der Waals surface area contributed by atoms with Crippen LogP contribution in [-0.4, -0.2) is 37.1 Å². The van der Waals surface area contributed by atoms with Crippen molar-refractivity contribution in [2.75, 3.05) is 20.2 Å². The second-order valence-electron chi connectivity index (χ2n) is 9.18. The van der Waals surface area contributed by atoms with Gasteiger partial charge in [0.15, 0.2) is 0 Å². The second kappa shape index (κ2) is 9.56. The number of thiophene rings is 1. The van der Waals surface area contributed by atoms with Gasteiger partial charge in [-0.05, 0) is 60.6 Å². The third-order valence-corrected chi connectivity index (χ3v) is 8.23. The van der Waals surface area contributed by atoms with Crippen LogP contribution >= 0.6 is 11.3 Å². The van der Waals surface area contributed by atoms with E-state index in [0.29, 0.717) is 19.5 Å². The van der Waals surface area contributed by atoms with E-state index >= 15 is 0 Å². The van der Waals surface area contributed by atoms with Crippen molar-refractivity contribution in [2.45, 2.75) is 43.4 Å². The third-order valence-electron chi connectivity index (χ3n) is 7.36. The lowest BCUT2D eigenvalue weighted by atomic mass is 9.71. The Hall–Kier alpha value is -2.61. The van der Waals surface area contributed by atoms with Crippen molar-refractivity contribution in [3.8, 4) is 0 Å². The van der Waals surface area contributed by atoms with Crippen LogP contribution in [0.15, 0.2) is 60.0 Å². The molecule has 1 fully saturated rings. The Balaban J connectivity index is 1.36. The molecule has 1 aliphatic heterocycles. The van der Waals surface area contributed by atoms with Crippen molar-refractivity contribution < 1.29 is 18.3 Å². The maximum atomic E-state index is 14.2. The summed E-state index contributed by atoms with van der Waals surface area (Å²) in [5, 5.41) is 5.22. The number of rotatable bonds is 6. The number of hydrogen-bond acceptors (Lipinski definition) is 4. The minimum atomic E-state index is -0.505. The Morgan fingerprint density at radius 1 is 1.09 bits per heavy atom. The van der Waals surface area contributed by atoms with Gasteiger partial charge in [-0.1, -0.05) is 36.4 Å². The van der Waals surface area contributed by atoms with Gasteiger partial charge >= 0.3 is 0 Å². The van der Waals surface area contributed by atoms with Crippen LogP contribution in [0, 0.1) is 11.6 Å². The fourth-order valence-corrected chi connectivity index (χ4v) is 6.44. The Morgan fingerprint density at radius 3 is 2.50 bits per heavy atom. The van der Waals surface area contributed by atoms with E-state index in [0.717, 1.165) is 23.3 Å². The molecular formula is C27H28F2N2O2S. The highest BCUT2D eigenvalue weighted by atomic mass is 32.1. The number of ether oxygens (including phenoxy) is 1. The second-order valence-corrected chi connectivity index (χ2v) is 10.2. The predicted molar refractivity (Wildman–Crippen MR) is 129 cm³/mol. The van der Waals surface area contributed by atoms with Gasteiger partial charge in [-0.25, -0.2) is 8.78 Å². The van der Waals surface area contributed by atoms with Crippen LogP contribution in [0.2, 0.25) is 0 Å². The van der Waals surface area contributed by atoms with Crippen LogP contribution in [-0.2, 0) is 27.9 Å². The number of benzene rings is 2. The molecule has 1 aliphatic carbocycles. The summed E-state index contributed by atoms with van der Waals surface area (Å²) in [5.74, 6) is -1.03. The number of nitrogens with zero attached hydrogens (tertiary/aromatic N) is 1. The van der Waals surface area contributed by atoms with E-state index in [9.17, 15) is 13.6 Å². The summed E-state index contributed by atoms with van der Waals surface area (Å²) in [5.41, 5.74) is 2.17. The molecule has 1 spiro atoms. The molecule has 34 heavy (non-hydrogen) atoms. The number of amides is 1. The molecule has 1 aromatic heterocycles. The highest BCUT2D eigenvalue weighted by Gasteiger charge is 2.53. The van der Waals surface area contributed by atoms with E-state index in [1.807, 2.05) is 29.6 Å². The van der Waals surface area contributed by atoms with E-state index < -0.39 is 11.6 Å². The van der Waals surface area contributed by atoms with E-state index in [-0.39, 0.29) is 35.6 Å². The Bertz CT molecular complexity index is 1140. The molecule has 4 nitrogen and oxygen atoms in total. The van der Waals surface area contributed by atoms with E-state index in [2.05, 4.69) is 22.3 Å². The molecule has 0 saturated carbocycles. The van der Waals surface area contributed by atoms with Gasteiger partial charge in [-0.3, -0.25) is 9.69 Å². The molecule has 5 rings (SSSR count). The Labute approximate surface area is 202 Å². The number of carbonyl (C=O) groups is 1. The quantitative estimate of drug-likeness (QED) is 0.538. The monoisotopic (exact) mass is 482 g/mol. The summed E-state index contributed by atoms with van der Waals surface area (Å²) in [6, 6.07) is 15.9. The fourth-order valence-electron chi connectivity index (χ4n) is 5.74. The summed E-state index contributed by atoms with van der Waals surface area (Å²) < 4.78 is 34.5. The van der Waals surface area contributed by atoms with Crippen LogP contribution < -0.4 is 5.32 Å². The Morgan fingerprint density at radius 2 is 1.82 bits per heavy atom. The molecule has 2 heterocycles. The fraction of sp³-hybridized carbons (Fsp3) is 0.370. The van der Waals surface area contributed by atoms with Gasteiger partial charge in [0, 0.05) is 29.5 Å². The van der Waals surface area contributed by atoms with Crippen molar-refractivity contribution in [3.05, 3.63) is 93.2 Å². The number of fused-ring (bicyclic) bond motifs is 2. The number of nitrogens with one attached hydrogen (secondary N) is 1. The van der Waals surface area contributed by atoms with Gasteiger partial charge in [-0.15, -0.1) is 11.3 Å². The number of halogens is 2. The molecule has 7 heteroatoms. The van der Waals surface area contributed by atoms with Crippen LogP contribution in [0.5, 0.6) is 0 Å². The molecule has 3 aromatic rings. The van der Waals surface area contributed by atoms with Gasteiger partial charge in [0.05, 0.1) is 18.6 Å². The lowest BCUT2D eigenvalue weighted by Crippen LogP contribution is -2.50. The van der Waals surface area contributed by atoms with Crippen molar-refractivity contribution in [3.63, 3.8) is 0 Å². The number of carbonyl (C=O) groups excluding carboxylic acids is 1. The molecule has 0 bridgehead atoms. The largest absolute Gasteiger partial charge is 0.378 e. The molecular weight excluding hydrogens is 454 g/mol. The normalized spacial score (nSPS) is 21.5. The predicted octanol–water partition coefficient (Wildman–Crippen LogP) is 4.99. The van der Waals surface area contributed by atoms with E-state index in [1.165, 1.54) is 23.8 Å². The smallest absolute Gasteiger partial charge is 0.225 e. The first-order valence-electron chi connectivity index (χ1n) is 11.6. The first kappa shape index (κ1) is 23.1. The van der Waals surface area contributed by atoms with Crippen molar-refractivity contribution >= 4 is 17.2 Å². The van der Waals surface area contributed by atoms with Gasteiger partial charge in [-0.2, -0.15) is 0 Å². The van der Waals surface area contributed by atoms with Gasteiger partial charge in [0.1, 0.15) is 11.6 Å². The van der Waals surface area contributed by atoms with Gasteiger partial charge in [0.2, 0.25) is 5.91 Å². The highest BCUT2D eigenvalue weighted by Crippen LogP contribution is 2.52. The third kappa shape index (κ3) is 4.17. The minimum absolute atomic E-state index is 0.0196. The molecule has 1 N–H and O–H groups in total. The molecule has 2 aliphatic rings. The molecule has 1 amide bonds. The summed E-state index contributed by atoms with van der Waals surface area (Å²) in [6.45, 7) is 1.63. The van der Waals surface area contributed by atoms with Crippen LogP contribution in [0.25, 0.3) is 0 Å². The zero-order valence-corrected chi connectivity index (χ0v) is 19.9. The molecule has 0 radical (unpaired) electrons. The average Bonchev–Trinajstić information content (AvgIpc) is 3.43. The molecule has 1 saturated heterocycles. The topological polar surface area (TPSA) is 41.6 Å². The highest BCUT2D eigenvalue weighted by molar-refractivity contribution is 7.10. The molecule has 2 atom stereocenters. The van der Waals surface area contributed by atoms with Crippen molar-refractivity contribution in [1.82, 2.24) is 10.2 Å². The van der Waals surface area contributed by atoms with E-state index in [4.69, 9.17) is 4.74 Å². The Kier molecular flexibility index (Phi) is 6.51. The van der Waals surface area contributed by atoms with Crippen LogP contribution in [0.1, 0.15) is 40.5 Å². The van der Waals surface area contributed by atoms with Crippen molar-refractivity contribution in [1.29, 1.82) is 0 Å². The number of piperidine rings is 1. The van der Waals surface area contributed by atoms with Crippen LogP contribution in [0.3, 0.4) is 0 Å². The zero-order chi connectivity index (χ0) is 23.7. The minimum Gasteiger partial charge on any atom is -0.378 e. The average molecular weight is 483 g/mol. The van der Waals surface area contributed by atoms with Crippen LogP contribution in [0.4, 0.5) is 8.78 Å². The molecule has 178 valence electrons. The standard InChI is InChI=1S/C27H28F2N2O2S/c1-33-26-25(30-24(32)16-18-6-5-15-34-18)19-7-2-3-8-21(19)27(26)11-13-31(14-12-27)17-20-22(28)9-4-10-23(20)29/h2-10,15,25-26H,11-14,16-17H2,1H3,(H,30,32)/t25-,26+/m0/s1. The van der Waals surface area contributed by atoms with E-state index in [1.54, 1.807) is 18.4 Å². The SMILES string of the molecule is CO[C@@H]1[C@@H](NC(=O)Cc2cccs2)c2ccccc2C12CCN(Cc1c(F)cccc1F)CC2. The summed E-state index contributed by atoms with van der Waals surface area (Å²) in [4.78, 5) is 16.0. The lowest BCUT2D eigenvalue weighted by molar-refractivity contribution is -0.122. The number of hydrogen-bond donors (Lipinski definition) is 1. The molecule has 0 unspecified atom stereocenters. The van der Waals surface area contributed by atoms with Gasteiger partial charge in [0.25, 0.3) is 0 Å². The molecule has 2 aromatic carbocycles. The maximum absolute atomic E-state index is 14.2. The summed E-state index contributed by atoms with van der Waals surface area (Å²) >= 11 is 1.57.